The van der Waals surface area contributed by atoms with Crippen LogP contribution >= 0.6 is 0 Å². The van der Waals surface area contributed by atoms with Gasteiger partial charge in [-0.15, -0.1) is 0 Å². The van der Waals surface area contributed by atoms with E-state index in [2.05, 4.69) is 58.1 Å². The number of aromatic nitrogens is 2. The third kappa shape index (κ3) is 3.02. The molecule has 3 rings (SSSR count). The molecule has 1 aromatic carbocycles. The average molecular weight is 270 g/mol. The molecule has 0 amide bonds. The van der Waals surface area contributed by atoms with Gasteiger partial charge in [0.25, 0.3) is 0 Å². The van der Waals surface area contributed by atoms with Gasteiger partial charge >= 0.3 is 0 Å². The van der Waals surface area contributed by atoms with Crippen molar-refractivity contribution in [3.63, 3.8) is 0 Å². The zero-order chi connectivity index (χ0) is 13.9. The molecule has 1 N–H and O–H groups in total. The Bertz CT molecular complexity index is 552. The number of imidazole rings is 1. The smallest absolute Gasteiger partial charge is 0.0951 e. The summed E-state index contributed by atoms with van der Waals surface area (Å²) >= 11 is 0. The van der Waals surface area contributed by atoms with Crippen molar-refractivity contribution in [2.24, 2.45) is 0 Å². The van der Waals surface area contributed by atoms with Crippen LogP contribution in [0.1, 0.15) is 30.1 Å². The molecule has 1 heterocycles. The zero-order valence-corrected chi connectivity index (χ0v) is 12.2. The van der Waals surface area contributed by atoms with Crippen molar-refractivity contribution in [1.29, 1.82) is 0 Å². The van der Waals surface area contributed by atoms with E-state index in [0.29, 0.717) is 6.04 Å². The van der Waals surface area contributed by atoms with E-state index in [1.54, 1.807) is 0 Å². The van der Waals surface area contributed by atoms with Gasteiger partial charge in [-0.25, -0.2) is 4.98 Å². The van der Waals surface area contributed by atoms with E-state index in [4.69, 9.17) is 0 Å². The minimum atomic E-state index is 0.702. The molecule has 1 aliphatic carbocycles. The lowest BCUT2D eigenvalue weighted by molar-refractivity contribution is 0.621. The van der Waals surface area contributed by atoms with Crippen molar-refractivity contribution in [1.82, 2.24) is 14.9 Å². The van der Waals surface area contributed by atoms with Crippen LogP contribution in [0.4, 0.5) is 5.69 Å². The topological polar surface area (TPSA) is 33.1 Å². The monoisotopic (exact) mass is 270 g/mol. The van der Waals surface area contributed by atoms with Crippen LogP contribution in [0.3, 0.4) is 0 Å². The first-order valence-electron chi connectivity index (χ1n) is 7.22. The van der Waals surface area contributed by atoms with E-state index in [9.17, 15) is 0 Å². The number of anilines is 1. The maximum Gasteiger partial charge on any atom is 0.0951 e. The second kappa shape index (κ2) is 5.67. The van der Waals surface area contributed by atoms with Crippen LogP contribution in [-0.2, 0) is 13.1 Å². The summed E-state index contributed by atoms with van der Waals surface area (Å²) in [6, 6.07) is 9.38. The summed E-state index contributed by atoms with van der Waals surface area (Å²) in [6.07, 6.45) is 6.53. The van der Waals surface area contributed by atoms with Crippen molar-refractivity contribution in [3.05, 3.63) is 48.0 Å². The van der Waals surface area contributed by atoms with Crippen LogP contribution in [-0.4, -0.2) is 23.6 Å². The molecule has 1 aliphatic rings. The first-order valence-corrected chi connectivity index (χ1v) is 7.22. The first kappa shape index (κ1) is 13.2. The zero-order valence-electron chi connectivity index (χ0n) is 12.2. The lowest BCUT2D eigenvalue weighted by Crippen LogP contribution is -2.15. The summed E-state index contributed by atoms with van der Waals surface area (Å²) in [4.78, 5) is 6.37. The van der Waals surface area contributed by atoms with Gasteiger partial charge in [0.2, 0.25) is 0 Å². The molecule has 106 valence electrons. The Morgan fingerprint density at radius 3 is 2.60 bits per heavy atom. The Labute approximate surface area is 120 Å². The van der Waals surface area contributed by atoms with Crippen LogP contribution in [0.25, 0.3) is 0 Å². The molecule has 1 fully saturated rings. The number of hydrogen-bond acceptors (Lipinski definition) is 3. The fraction of sp³-hybridized carbons (Fsp3) is 0.438. The van der Waals surface area contributed by atoms with Crippen LogP contribution < -0.4 is 10.2 Å². The number of nitrogens with zero attached hydrogens (tertiary/aromatic N) is 3. The van der Waals surface area contributed by atoms with Gasteiger partial charge in [-0.2, -0.15) is 0 Å². The van der Waals surface area contributed by atoms with E-state index in [-0.39, 0.29) is 0 Å². The highest BCUT2D eigenvalue weighted by atomic mass is 15.1. The number of rotatable bonds is 6. The summed E-state index contributed by atoms with van der Waals surface area (Å²) in [5.74, 6) is 0. The summed E-state index contributed by atoms with van der Waals surface area (Å²) < 4.78 is 2.31. The molecule has 0 aliphatic heterocycles. The number of hydrogen-bond donors (Lipinski definition) is 1. The van der Waals surface area contributed by atoms with E-state index in [1.807, 2.05) is 12.5 Å². The van der Waals surface area contributed by atoms with Gasteiger partial charge in [0, 0.05) is 45.1 Å². The molecule has 0 unspecified atom stereocenters. The summed E-state index contributed by atoms with van der Waals surface area (Å²) in [5.41, 5.74) is 3.84. The molecule has 4 heteroatoms. The molecule has 4 nitrogen and oxygen atoms in total. The predicted molar refractivity (Wildman–Crippen MR) is 81.8 cm³/mol. The van der Waals surface area contributed by atoms with Crippen molar-refractivity contribution in [2.75, 3.05) is 19.0 Å². The third-order valence-corrected chi connectivity index (χ3v) is 3.77. The fourth-order valence-corrected chi connectivity index (χ4v) is 2.40. The van der Waals surface area contributed by atoms with Crippen LogP contribution in [0, 0.1) is 0 Å². The number of nitrogens with one attached hydrogen (secondary N) is 1. The standard InChI is InChI=1S/C16H22N4/c1-19(2)14-5-3-13(4-6-14)9-17-10-16-11-18-12-20(16)15-7-8-15/h3-6,11-12,15,17H,7-10H2,1-2H3. The van der Waals surface area contributed by atoms with E-state index in [1.165, 1.54) is 29.8 Å². The Morgan fingerprint density at radius 1 is 1.20 bits per heavy atom. The molecule has 2 aromatic rings. The minimum Gasteiger partial charge on any atom is -0.378 e. The lowest BCUT2D eigenvalue weighted by Gasteiger charge is -2.13. The van der Waals surface area contributed by atoms with Gasteiger partial charge in [-0.3, -0.25) is 0 Å². The largest absolute Gasteiger partial charge is 0.378 e. The van der Waals surface area contributed by atoms with E-state index < -0.39 is 0 Å². The molecule has 1 aromatic heterocycles. The third-order valence-electron chi connectivity index (χ3n) is 3.77. The van der Waals surface area contributed by atoms with Crippen LogP contribution in [0.2, 0.25) is 0 Å². The van der Waals surface area contributed by atoms with Gasteiger partial charge in [0.1, 0.15) is 0 Å². The summed E-state index contributed by atoms with van der Waals surface area (Å²) in [7, 11) is 4.12. The Morgan fingerprint density at radius 2 is 1.95 bits per heavy atom. The molecule has 0 atom stereocenters. The van der Waals surface area contributed by atoms with E-state index >= 15 is 0 Å². The quantitative estimate of drug-likeness (QED) is 0.876. The molecular weight excluding hydrogens is 248 g/mol. The van der Waals surface area contributed by atoms with Crippen LogP contribution in [0.15, 0.2) is 36.8 Å². The highest BCUT2D eigenvalue weighted by Gasteiger charge is 2.24. The second-order valence-electron chi connectivity index (χ2n) is 5.69. The van der Waals surface area contributed by atoms with Crippen molar-refractivity contribution in [3.8, 4) is 0 Å². The summed E-state index contributed by atoms with van der Waals surface area (Å²) in [5, 5.41) is 3.50. The first-order chi connectivity index (χ1) is 9.74. The maximum absolute atomic E-state index is 4.26. The van der Waals surface area contributed by atoms with Gasteiger partial charge in [0.05, 0.1) is 12.0 Å². The minimum absolute atomic E-state index is 0.702. The highest BCUT2D eigenvalue weighted by Crippen LogP contribution is 2.35. The van der Waals surface area contributed by atoms with Crippen molar-refractivity contribution >= 4 is 5.69 Å². The Balaban J connectivity index is 1.53. The second-order valence-corrected chi connectivity index (χ2v) is 5.69. The molecule has 0 radical (unpaired) electrons. The fourth-order valence-electron chi connectivity index (χ4n) is 2.40. The van der Waals surface area contributed by atoms with Gasteiger partial charge in [0.15, 0.2) is 0 Å². The highest BCUT2D eigenvalue weighted by molar-refractivity contribution is 5.45. The number of benzene rings is 1. The molecule has 20 heavy (non-hydrogen) atoms. The van der Waals surface area contributed by atoms with Crippen molar-refractivity contribution in [2.45, 2.75) is 32.0 Å². The normalized spacial score (nSPS) is 14.5. The van der Waals surface area contributed by atoms with Crippen LogP contribution in [0.5, 0.6) is 0 Å². The average Bonchev–Trinajstić information content (AvgIpc) is 3.19. The molecular formula is C16H22N4. The van der Waals surface area contributed by atoms with Crippen molar-refractivity contribution < 1.29 is 0 Å². The van der Waals surface area contributed by atoms with Gasteiger partial charge < -0.3 is 14.8 Å². The van der Waals surface area contributed by atoms with Gasteiger partial charge in [-0.1, -0.05) is 12.1 Å². The molecule has 0 saturated heterocycles. The summed E-state index contributed by atoms with van der Waals surface area (Å²) in [6.45, 7) is 1.77. The SMILES string of the molecule is CN(C)c1ccc(CNCc2cncn2C2CC2)cc1. The molecule has 0 bridgehead atoms. The van der Waals surface area contributed by atoms with E-state index in [0.717, 1.165) is 13.1 Å². The Hall–Kier alpha value is -1.81. The molecule has 0 spiro atoms. The lowest BCUT2D eigenvalue weighted by atomic mass is 10.2. The Kier molecular flexibility index (Phi) is 3.74. The molecule has 1 saturated carbocycles. The predicted octanol–water partition coefficient (Wildman–Crippen LogP) is 2.57. The maximum atomic E-state index is 4.26. The van der Waals surface area contributed by atoms with Gasteiger partial charge in [-0.05, 0) is 30.5 Å².